The number of halogens is 2. The van der Waals surface area contributed by atoms with E-state index < -0.39 is 17.4 Å². The smallest absolute Gasteiger partial charge is 0.199 e. The Hall–Kier alpha value is -1.25. The van der Waals surface area contributed by atoms with E-state index in [9.17, 15) is 13.6 Å². The van der Waals surface area contributed by atoms with Crippen molar-refractivity contribution in [3.8, 4) is 0 Å². The van der Waals surface area contributed by atoms with E-state index in [1.54, 1.807) is 0 Å². The summed E-state index contributed by atoms with van der Waals surface area (Å²) < 4.78 is 24.9. The van der Waals surface area contributed by atoms with Gasteiger partial charge in [-0.15, -0.1) is 0 Å². The van der Waals surface area contributed by atoms with Gasteiger partial charge in [-0.3, -0.25) is 4.79 Å². The lowest BCUT2D eigenvalue weighted by Crippen LogP contribution is -1.90. The Morgan fingerprint density at radius 3 is 1.60 bits per heavy atom. The quantitative estimate of drug-likeness (QED) is 0.499. The number of rotatable bonds is 0. The zero-order valence-corrected chi connectivity index (χ0v) is 4.82. The molecule has 0 saturated heterocycles. The summed E-state index contributed by atoms with van der Waals surface area (Å²) in [7, 11) is 0. The first kappa shape index (κ1) is 5.53. The molecule has 10 heavy (non-hydrogen) atoms. The summed E-state index contributed by atoms with van der Waals surface area (Å²) in [6.45, 7) is 0. The first-order chi connectivity index (χ1) is 4.72. The highest BCUT2D eigenvalue weighted by Gasteiger charge is 2.34. The topological polar surface area (TPSA) is 17.1 Å². The van der Waals surface area contributed by atoms with Gasteiger partial charge < -0.3 is 0 Å². The molecule has 0 aromatic carbocycles. The molecule has 2 aliphatic rings. The maximum atomic E-state index is 12.4. The molecule has 2 aliphatic carbocycles. The fraction of sp³-hybridized carbons (Fsp3) is 0. The molecule has 0 unspecified atom stereocenters. The van der Waals surface area contributed by atoms with Gasteiger partial charge in [-0.25, -0.2) is 8.78 Å². The van der Waals surface area contributed by atoms with Crippen LogP contribution in [0.4, 0.5) is 8.78 Å². The Morgan fingerprint density at radius 2 is 1.40 bits per heavy atom. The van der Waals surface area contributed by atoms with Crippen LogP contribution in [0.25, 0.3) is 0 Å². The van der Waals surface area contributed by atoms with Gasteiger partial charge in [0.1, 0.15) is 0 Å². The van der Waals surface area contributed by atoms with Crippen molar-refractivity contribution in [2.24, 2.45) is 0 Å². The number of fused-ring (bicyclic) bond motifs is 2. The summed E-state index contributed by atoms with van der Waals surface area (Å²) in [4.78, 5) is 10.7. The van der Waals surface area contributed by atoms with E-state index in [-0.39, 0.29) is 11.1 Å². The molecule has 0 amide bonds. The average Bonchev–Trinajstić information content (AvgIpc) is 2.34. The van der Waals surface area contributed by atoms with Crippen LogP contribution in [0.1, 0.15) is 0 Å². The molecule has 0 N–H and O–H groups in total. The normalized spacial score (nSPS) is 22.0. The van der Waals surface area contributed by atoms with E-state index >= 15 is 0 Å². The molecule has 2 rings (SSSR count). The van der Waals surface area contributed by atoms with Gasteiger partial charge >= 0.3 is 0 Å². The van der Waals surface area contributed by atoms with Crippen molar-refractivity contribution in [1.82, 2.24) is 0 Å². The van der Waals surface area contributed by atoms with E-state index in [0.717, 1.165) is 0 Å². The number of carbonyl (C=O) groups excluding carboxylic acids is 1. The second-order valence-electron chi connectivity index (χ2n) is 2.12. The Bertz CT molecular complexity index is 290. The van der Waals surface area contributed by atoms with Crippen molar-refractivity contribution >= 4 is 5.78 Å². The SMILES string of the molecule is O=C1C2=C(F)C(F)=C1C=C2. The standard InChI is InChI=1S/C7H2F2O/c8-5-3-1-2-4(6(5)9)7(3)10/h1-2H. The van der Waals surface area contributed by atoms with E-state index in [4.69, 9.17) is 0 Å². The Balaban J connectivity index is 2.77. The fourth-order valence-corrected chi connectivity index (χ4v) is 1.05. The summed E-state index contributed by atoms with van der Waals surface area (Å²) in [5, 5.41) is 0. The number of hydrogen-bond donors (Lipinski definition) is 0. The van der Waals surface area contributed by atoms with Crippen LogP contribution in [0.5, 0.6) is 0 Å². The Morgan fingerprint density at radius 1 is 1.00 bits per heavy atom. The Kier molecular flexibility index (Phi) is 0.787. The molecule has 0 saturated carbocycles. The van der Waals surface area contributed by atoms with Crippen molar-refractivity contribution in [2.45, 2.75) is 0 Å². The molecule has 0 aromatic heterocycles. The van der Waals surface area contributed by atoms with Gasteiger partial charge in [-0.05, 0) is 12.2 Å². The van der Waals surface area contributed by atoms with E-state index in [0.29, 0.717) is 0 Å². The Labute approximate surface area is 55.3 Å². The second kappa shape index (κ2) is 1.42. The van der Waals surface area contributed by atoms with Crippen LogP contribution in [0, 0.1) is 0 Å². The summed E-state index contributed by atoms with van der Waals surface area (Å²) >= 11 is 0. The van der Waals surface area contributed by atoms with Crippen molar-refractivity contribution in [3.05, 3.63) is 35.0 Å². The van der Waals surface area contributed by atoms with Gasteiger partial charge in [-0.2, -0.15) is 0 Å². The monoisotopic (exact) mass is 140 g/mol. The first-order valence-corrected chi connectivity index (χ1v) is 2.74. The van der Waals surface area contributed by atoms with Crippen LogP contribution in [0.3, 0.4) is 0 Å². The number of Topliss-reactive ketones (excluding diaryl/α,β-unsaturated/α-hetero) is 1. The van der Waals surface area contributed by atoms with Crippen LogP contribution in [0.15, 0.2) is 35.0 Å². The average molecular weight is 140 g/mol. The van der Waals surface area contributed by atoms with Crippen molar-refractivity contribution < 1.29 is 13.6 Å². The lowest BCUT2D eigenvalue weighted by atomic mass is 10.2. The van der Waals surface area contributed by atoms with E-state index in [1.807, 2.05) is 0 Å². The van der Waals surface area contributed by atoms with Crippen molar-refractivity contribution in [1.29, 1.82) is 0 Å². The van der Waals surface area contributed by atoms with Crippen LogP contribution >= 0.6 is 0 Å². The number of ketones is 1. The molecule has 2 bridgehead atoms. The molecular weight excluding hydrogens is 138 g/mol. The highest BCUT2D eigenvalue weighted by Crippen LogP contribution is 2.37. The molecule has 0 aliphatic heterocycles. The first-order valence-electron chi connectivity index (χ1n) is 2.74. The largest absolute Gasteiger partial charge is 0.288 e. The molecule has 3 heteroatoms. The number of carbonyl (C=O) groups is 1. The molecule has 50 valence electrons. The van der Waals surface area contributed by atoms with Gasteiger partial charge in [0, 0.05) is 0 Å². The number of hydrogen-bond acceptors (Lipinski definition) is 1. The molecule has 0 heterocycles. The zero-order chi connectivity index (χ0) is 7.30. The summed E-state index contributed by atoms with van der Waals surface area (Å²) in [6.07, 6.45) is 2.58. The van der Waals surface area contributed by atoms with Gasteiger partial charge in [0.2, 0.25) is 0 Å². The van der Waals surface area contributed by atoms with Crippen LogP contribution in [-0.4, -0.2) is 5.78 Å². The predicted octanol–water partition coefficient (Wildman–Crippen LogP) is 1.59. The third kappa shape index (κ3) is 0.396. The summed E-state index contributed by atoms with van der Waals surface area (Å²) in [5.74, 6) is -2.56. The minimum atomic E-state index is -1.01. The van der Waals surface area contributed by atoms with Gasteiger partial charge in [0.05, 0.1) is 11.1 Å². The molecule has 1 nitrogen and oxygen atoms in total. The van der Waals surface area contributed by atoms with Gasteiger partial charge in [0.15, 0.2) is 17.4 Å². The maximum Gasteiger partial charge on any atom is 0.199 e. The van der Waals surface area contributed by atoms with Gasteiger partial charge in [0.25, 0.3) is 0 Å². The van der Waals surface area contributed by atoms with E-state index in [2.05, 4.69) is 0 Å². The fourth-order valence-electron chi connectivity index (χ4n) is 1.05. The zero-order valence-electron chi connectivity index (χ0n) is 4.82. The van der Waals surface area contributed by atoms with Gasteiger partial charge in [-0.1, -0.05) is 0 Å². The molecular formula is C7H2F2O. The second-order valence-corrected chi connectivity index (χ2v) is 2.12. The van der Waals surface area contributed by atoms with Crippen molar-refractivity contribution in [3.63, 3.8) is 0 Å². The maximum absolute atomic E-state index is 12.4. The minimum absolute atomic E-state index is 0.146. The highest BCUT2D eigenvalue weighted by molar-refractivity contribution is 6.19. The molecule has 0 fully saturated rings. The molecule has 0 aromatic rings. The minimum Gasteiger partial charge on any atom is -0.288 e. The third-order valence-corrected chi connectivity index (χ3v) is 1.57. The van der Waals surface area contributed by atoms with Crippen LogP contribution in [-0.2, 0) is 4.79 Å². The lowest BCUT2D eigenvalue weighted by Gasteiger charge is -1.89. The molecule has 0 atom stereocenters. The van der Waals surface area contributed by atoms with Crippen LogP contribution < -0.4 is 0 Å². The summed E-state index contributed by atoms with van der Waals surface area (Å²) in [6, 6.07) is 0. The predicted molar refractivity (Wildman–Crippen MR) is 30.4 cm³/mol. The highest BCUT2D eigenvalue weighted by atomic mass is 19.2. The lowest BCUT2D eigenvalue weighted by molar-refractivity contribution is -0.111. The molecule has 0 radical (unpaired) electrons. The summed E-state index contributed by atoms with van der Waals surface area (Å²) in [5.41, 5.74) is -0.292. The number of allylic oxidation sites excluding steroid dienone is 6. The van der Waals surface area contributed by atoms with Crippen molar-refractivity contribution in [2.75, 3.05) is 0 Å². The van der Waals surface area contributed by atoms with E-state index in [1.165, 1.54) is 12.2 Å². The molecule has 0 spiro atoms. The third-order valence-electron chi connectivity index (χ3n) is 1.57. The van der Waals surface area contributed by atoms with Crippen LogP contribution in [0.2, 0.25) is 0 Å².